The molecule has 2 rings (SSSR count). The zero-order valence-electron chi connectivity index (χ0n) is 10.5. The van der Waals surface area contributed by atoms with Gasteiger partial charge in [-0.3, -0.25) is 4.90 Å². The summed E-state index contributed by atoms with van der Waals surface area (Å²) in [6.45, 7) is 2.48. The van der Waals surface area contributed by atoms with Crippen LogP contribution in [0.15, 0.2) is 24.3 Å². The van der Waals surface area contributed by atoms with E-state index in [-0.39, 0.29) is 6.61 Å². The van der Waals surface area contributed by atoms with E-state index in [1.165, 1.54) is 19.3 Å². The second-order valence-electron chi connectivity index (χ2n) is 4.65. The van der Waals surface area contributed by atoms with E-state index >= 15 is 0 Å². The van der Waals surface area contributed by atoms with E-state index in [9.17, 15) is 0 Å². The largest absolute Gasteiger partial charge is 0.492 e. The lowest BCUT2D eigenvalue weighted by atomic mass is 9.91. The van der Waals surface area contributed by atoms with Gasteiger partial charge in [-0.15, -0.1) is 0 Å². The molecular weight excluding hydrogens is 250 g/mol. The van der Waals surface area contributed by atoms with Crippen LogP contribution >= 0.6 is 11.6 Å². The van der Waals surface area contributed by atoms with Crippen LogP contribution in [0.2, 0.25) is 5.02 Å². The van der Waals surface area contributed by atoms with Crippen LogP contribution in [0.5, 0.6) is 5.75 Å². The first-order valence-corrected chi connectivity index (χ1v) is 6.90. The van der Waals surface area contributed by atoms with Crippen LogP contribution in [0.4, 0.5) is 0 Å². The van der Waals surface area contributed by atoms with Gasteiger partial charge in [0.25, 0.3) is 0 Å². The van der Waals surface area contributed by atoms with E-state index in [0.717, 1.165) is 23.9 Å². The monoisotopic (exact) mass is 269 g/mol. The van der Waals surface area contributed by atoms with Gasteiger partial charge in [0.05, 0.1) is 6.61 Å². The number of nitrogens with zero attached hydrogens (tertiary/aromatic N) is 1. The Balaban J connectivity index is 1.73. The zero-order chi connectivity index (χ0) is 12.8. The van der Waals surface area contributed by atoms with Crippen LogP contribution in [-0.4, -0.2) is 42.4 Å². The van der Waals surface area contributed by atoms with Crippen molar-refractivity contribution in [3.05, 3.63) is 29.3 Å². The Morgan fingerprint density at radius 3 is 2.50 bits per heavy atom. The van der Waals surface area contributed by atoms with Gasteiger partial charge >= 0.3 is 0 Å². The second kappa shape index (κ2) is 6.98. The molecule has 1 saturated carbocycles. The molecule has 1 fully saturated rings. The maximum Gasteiger partial charge on any atom is 0.119 e. The summed E-state index contributed by atoms with van der Waals surface area (Å²) in [5.41, 5.74) is 0. The van der Waals surface area contributed by atoms with Crippen molar-refractivity contribution in [2.24, 2.45) is 0 Å². The quantitative estimate of drug-likeness (QED) is 0.826. The Morgan fingerprint density at radius 1 is 1.22 bits per heavy atom. The van der Waals surface area contributed by atoms with Crippen LogP contribution in [0.3, 0.4) is 0 Å². The molecule has 0 amide bonds. The molecule has 0 heterocycles. The molecule has 1 aromatic rings. The number of hydrogen-bond donors (Lipinski definition) is 1. The maximum absolute atomic E-state index is 9.05. The third-order valence-electron chi connectivity index (χ3n) is 3.44. The molecule has 1 aliphatic rings. The molecule has 3 nitrogen and oxygen atoms in total. The van der Waals surface area contributed by atoms with Crippen molar-refractivity contribution in [3.63, 3.8) is 0 Å². The highest BCUT2D eigenvalue weighted by Gasteiger charge is 2.24. The number of ether oxygens (including phenoxy) is 1. The van der Waals surface area contributed by atoms with Crippen molar-refractivity contribution < 1.29 is 9.84 Å². The van der Waals surface area contributed by atoms with Gasteiger partial charge in [0.2, 0.25) is 0 Å². The van der Waals surface area contributed by atoms with Crippen molar-refractivity contribution in [2.75, 3.05) is 26.3 Å². The van der Waals surface area contributed by atoms with E-state index < -0.39 is 0 Å². The SMILES string of the molecule is OCCN(CCOc1ccc(Cl)cc1)C1CCC1. The van der Waals surface area contributed by atoms with Crippen molar-refractivity contribution in [2.45, 2.75) is 25.3 Å². The third kappa shape index (κ3) is 3.87. The first-order valence-electron chi connectivity index (χ1n) is 6.53. The summed E-state index contributed by atoms with van der Waals surface area (Å²) in [5.74, 6) is 0.844. The Kier molecular flexibility index (Phi) is 5.29. The first kappa shape index (κ1) is 13.7. The van der Waals surface area contributed by atoms with Gasteiger partial charge in [-0.25, -0.2) is 0 Å². The standard InChI is InChI=1S/C14H20ClNO2/c15-12-4-6-14(7-5-12)18-11-9-16(8-10-17)13-2-1-3-13/h4-7,13,17H,1-3,8-11H2. The van der Waals surface area contributed by atoms with Gasteiger partial charge in [0.15, 0.2) is 0 Å². The molecule has 0 bridgehead atoms. The minimum atomic E-state index is 0.220. The lowest BCUT2D eigenvalue weighted by molar-refractivity contribution is 0.0860. The summed E-state index contributed by atoms with van der Waals surface area (Å²) in [4.78, 5) is 2.32. The van der Waals surface area contributed by atoms with Crippen LogP contribution in [0.1, 0.15) is 19.3 Å². The topological polar surface area (TPSA) is 32.7 Å². The summed E-state index contributed by atoms with van der Waals surface area (Å²) < 4.78 is 5.67. The fourth-order valence-electron chi connectivity index (χ4n) is 2.17. The minimum absolute atomic E-state index is 0.220. The van der Waals surface area contributed by atoms with Gasteiger partial charge in [0.1, 0.15) is 12.4 Å². The molecule has 1 aliphatic carbocycles. The zero-order valence-corrected chi connectivity index (χ0v) is 11.3. The molecule has 4 heteroatoms. The van der Waals surface area contributed by atoms with Crippen molar-refractivity contribution >= 4 is 11.6 Å². The fraction of sp³-hybridized carbons (Fsp3) is 0.571. The Morgan fingerprint density at radius 2 is 1.94 bits per heavy atom. The van der Waals surface area contributed by atoms with Gasteiger partial charge in [-0.1, -0.05) is 18.0 Å². The van der Waals surface area contributed by atoms with Crippen molar-refractivity contribution in [1.29, 1.82) is 0 Å². The maximum atomic E-state index is 9.05. The third-order valence-corrected chi connectivity index (χ3v) is 3.69. The van der Waals surface area contributed by atoms with E-state index in [2.05, 4.69) is 4.90 Å². The average Bonchev–Trinajstić information content (AvgIpc) is 2.30. The number of benzene rings is 1. The number of aliphatic hydroxyl groups excluding tert-OH is 1. The number of halogens is 1. The van der Waals surface area contributed by atoms with Crippen molar-refractivity contribution in [3.8, 4) is 5.75 Å². The van der Waals surface area contributed by atoms with Crippen molar-refractivity contribution in [1.82, 2.24) is 4.90 Å². The highest BCUT2D eigenvalue weighted by Crippen LogP contribution is 2.24. The lowest BCUT2D eigenvalue weighted by Gasteiger charge is -2.37. The van der Waals surface area contributed by atoms with E-state index in [1.807, 2.05) is 24.3 Å². The summed E-state index contributed by atoms with van der Waals surface area (Å²) in [5, 5.41) is 9.78. The molecule has 0 aliphatic heterocycles. The summed E-state index contributed by atoms with van der Waals surface area (Å²) in [6.07, 6.45) is 3.81. The molecule has 0 atom stereocenters. The highest BCUT2D eigenvalue weighted by molar-refractivity contribution is 6.30. The number of rotatable bonds is 7. The first-order chi connectivity index (χ1) is 8.79. The van der Waals surface area contributed by atoms with Gasteiger partial charge < -0.3 is 9.84 Å². The Hall–Kier alpha value is -0.770. The molecule has 0 saturated heterocycles. The van der Waals surface area contributed by atoms with Crippen LogP contribution in [0, 0.1) is 0 Å². The lowest BCUT2D eigenvalue weighted by Crippen LogP contribution is -2.43. The molecule has 0 spiro atoms. The minimum Gasteiger partial charge on any atom is -0.492 e. The summed E-state index contributed by atoms with van der Waals surface area (Å²) >= 11 is 5.81. The molecule has 1 N–H and O–H groups in total. The van der Waals surface area contributed by atoms with Gasteiger partial charge in [0, 0.05) is 24.2 Å². The van der Waals surface area contributed by atoms with E-state index in [4.69, 9.17) is 21.4 Å². The highest BCUT2D eigenvalue weighted by atomic mass is 35.5. The Bertz CT molecular complexity index is 351. The Labute approximate surface area is 113 Å². The average molecular weight is 270 g/mol. The molecule has 1 aromatic carbocycles. The second-order valence-corrected chi connectivity index (χ2v) is 5.08. The predicted octanol–water partition coefficient (Wildman–Crippen LogP) is 2.57. The molecular formula is C14H20ClNO2. The molecule has 0 unspecified atom stereocenters. The van der Waals surface area contributed by atoms with Gasteiger partial charge in [-0.05, 0) is 37.1 Å². The molecule has 0 radical (unpaired) electrons. The van der Waals surface area contributed by atoms with Crippen LogP contribution in [-0.2, 0) is 0 Å². The van der Waals surface area contributed by atoms with E-state index in [0.29, 0.717) is 12.6 Å². The summed E-state index contributed by atoms with van der Waals surface area (Å²) in [7, 11) is 0. The van der Waals surface area contributed by atoms with Gasteiger partial charge in [-0.2, -0.15) is 0 Å². The molecule has 18 heavy (non-hydrogen) atoms. The van der Waals surface area contributed by atoms with Crippen LogP contribution < -0.4 is 4.74 Å². The summed E-state index contributed by atoms with van der Waals surface area (Å²) in [6, 6.07) is 8.05. The number of aliphatic hydroxyl groups is 1. The molecule has 100 valence electrons. The fourth-order valence-corrected chi connectivity index (χ4v) is 2.29. The smallest absolute Gasteiger partial charge is 0.119 e. The van der Waals surface area contributed by atoms with E-state index in [1.54, 1.807) is 0 Å². The normalized spacial score (nSPS) is 15.7. The number of hydrogen-bond acceptors (Lipinski definition) is 3. The van der Waals surface area contributed by atoms with Crippen LogP contribution in [0.25, 0.3) is 0 Å². The predicted molar refractivity (Wildman–Crippen MR) is 73.2 cm³/mol. The molecule has 0 aromatic heterocycles.